The Bertz CT molecular complexity index is 2500. The summed E-state index contributed by atoms with van der Waals surface area (Å²) < 4.78 is 36.8. The molecule has 4 aromatic carbocycles. The Balaban J connectivity index is 0.000000204. The normalized spacial score (nSPS) is 18.8. The Morgan fingerprint density at radius 3 is 1.04 bits per heavy atom. The summed E-state index contributed by atoms with van der Waals surface area (Å²) in [6.07, 6.45) is 3.35. The first-order valence-electron chi connectivity index (χ1n) is 24.5. The SMILES string of the molecule is O=C(NNC(=O)[C@@H]1CCCN1C(=O)OCc1ccccc1)[C@@H]1CCCN1C(=O)OCc1ccccc1.O=C(OCc1ccccc1)N1CCCC1c1nnc([C@@H]2CCCN2C(=O)OCc2ccccc2)o1.O=S(Cl)Cl. The monoisotopic (exact) mass is 1090 g/mol. The minimum absolute atomic E-state index is 0.110. The van der Waals surface area contributed by atoms with Crippen molar-refractivity contribution in [2.75, 3.05) is 26.2 Å². The van der Waals surface area contributed by atoms with E-state index in [-0.39, 0.29) is 38.5 Å². The summed E-state index contributed by atoms with van der Waals surface area (Å²) in [5.41, 5.74) is 8.37. The van der Waals surface area contributed by atoms with Gasteiger partial charge in [0.05, 0.1) is 0 Å². The molecule has 9 rings (SSSR count). The van der Waals surface area contributed by atoms with Crippen molar-refractivity contribution in [1.82, 2.24) is 40.6 Å². The number of ether oxygens (including phenoxy) is 4. The van der Waals surface area contributed by atoms with Crippen LogP contribution in [0.2, 0.25) is 0 Å². The van der Waals surface area contributed by atoms with E-state index < -0.39 is 57.5 Å². The van der Waals surface area contributed by atoms with Crippen LogP contribution in [0, 0.1) is 0 Å². The van der Waals surface area contributed by atoms with Gasteiger partial charge in [-0.1, -0.05) is 121 Å². The molecule has 0 aliphatic carbocycles. The number of hydrogen-bond donors (Lipinski definition) is 2. The molecule has 0 spiro atoms. The molecule has 2 N–H and O–H groups in total. The summed E-state index contributed by atoms with van der Waals surface area (Å²) >= 11 is 0. The van der Waals surface area contributed by atoms with Gasteiger partial charge in [-0.05, 0) is 73.6 Å². The molecule has 23 heteroatoms. The molecular weight excluding hydrogens is 1030 g/mol. The molecule has 398 valence electrons. The molecule has 4 atom stereocenters. The van der Waals surface area contributed by atoms with Crippen molar-refractivity contribution >= 4 is 66.8 Å². The highest BCUT2D eigenvalue weighted by molar-refractivity contribution is 8.26. The third-order valence-electron chi connectivity index (χ3n) is 12.7. The summed E-state index contributed by atoms with van der Waals surface area (Å²) in [7, 11) is 7.36. The van der Waals surface area contributed by atoms with E-state index in [9.17, 15) is 28.8 Å². The second-order valence-corrected chi connectivity index (χ2v) is 20.2. The fourth-order valence-corrected chi connectivity index (χ4v) is 9.01. The first kappa shape index (κ1) is 55.5. The average Bonchev–Trinajstić information content (AvgIpc) is 4.31. The zero-order valence-corrected chi connectivity index (χ0v) is 43.2. The van der Waals surface area contributed by atoms with E-state index >= 15 is 0 Å². The molecule has 4 fully saturated rings. The van der Waals surface area contributed by atoms with E-state index in [0.717, 1.165) is 47.9 Å². The first-order valence-corrected chi connectivity index (χ1v) is 27.3. The summed E-state index contributed by atoms with van der Waals surface area (Å²) in [5, 5.41) is 8.47. The summed E-state index contributed by atoms with van der Waals surface area (Å²) in [6.45, 7) is 2.56. The van der Waals surface area contributed by atoms with E-state index in [1.54, 1.807) is 9.80 Å². The van der Waals surface area contributed by atoms with Crippen molar-refractivity contribution in [1.29, 1.82) is 0 Å². The second kappa shape index (κ2) is 28.4. The van der Waals surface area contributed by atoms with Crippen LogP contribution in [0.4, 0.5) is 19.2 Å². The summed E-state index contributed by atoms with van der Waals surface area (Å²) in [6, 6.07) is 35.5. The van der Waals surface area contributed by atoms with Crippen LogP contribution in [0.1, 0.15) is 97.5 Å². The van der Waals surface area contributed by atoms with Crippen molar-refractivity contribution < 1.29 is 56.3 Å². The van der Waals surface area contributed by atoms with Crippen LogP contribution in [-0.2, 0) is 64.2 Å². The van der Waals surface area contributed by atoms with Crippen molar-refractivity contribution in [3.8, 4) is 0 Å². The molecule has 6 amide bonds. The fourth-order valence-electron chi connectivity index (χ4n) is 9.01. The number of halogens is 2. The molecule has 4 aliphatic heterocycles. The lowest BCUT2D eigenvalue weighted by Crippen LogP contribution is -2.55. The molecule has 4 saturated heterocycles. The maximum atomic E-state index is 12.7. The molecular formula is C52H58Cl2N8O12S. The number of nitrogens with one attached hydrogen (secondary N) is 2. The molecule has 20 nitrogen and oxygen atoms in total. The Morgan fingerprint density at radius 1 is 0.467 bits per heavy atom. The topological polar surface area (TPSA) is 232 Å². The van der Waals surface area contributed by atoms with Gasteiger partial charge in [-0.3, -0.25) is 40.0 Å². The van der Waals surface area contributed by atoms with Gasteiger partial charge in [-0.15, -0.1) is 10.2 Å². The zero-order chi connectivity index (χ0) is 52.9. The third kappa shape index (κ3) is 16.4. The number of benzene rings is 4. The Labute approximate surface area is 445 Å². The smallest absolute Gasteiger partial charge is 0.410 e. The van der Waals surface area contributed by atoms with Crippen LogP contribution < -0.4 is 10.9 Å². The molecule has 0 bridgehead atoms. The molecule has 1 unspecified atom stereocenters. The van der Waals surface area contributed by atoms with E-state index in [1.807, 2.05) is 121 Å². The minimum Gasteiger partial charge on any atom is -0.445 e. The number of amides is 6. The number of carbonyl (C=O) groups is 6. The van der Waals surface area contributed by atoms with Gasteiger partial charge in [0.1, 0.15) is 50.6 Å². The number of aromatic nitrogens is 2. The van der Waals surface area contributed by atoms with Gasteiger partial charge in [0, 0.05) is 47.5 Å². The van der Waals surface area contributed by atoms with Gasteiger partial charge in [-0.25, -0.2) is 23.4 Å². The minimum atomic E-state index is -1.67. The number of hydrazine groups is 1. The van der Waals surface area contributed by atoms with E-state index in [4.69, 9.17) is 27.6 Å². The molecule has 0 saturated carbocycles. The highest BCUT2D eigenvalue weighted by Gasteiger charge is 2.40. The van der Waals surface area contributed by atoms with Gasteiger partial charge >= 0.3 is 24.4 Å². The molecule has 5 aromatic rings. The summed E-state index contributed by atoms with van der Waals surface area (Å²) in [4.78, 5) is 82.1. The van der Waals surface area contributed by atoms with Gasteiger partial charge < -0.3 is 23.4 Å². The van der Waals surface area contributed by atoms with Gasteiger partial charge in [-0.2, -0.15) is 0 Å². The summed E-state index contributed by atoms with van der Waals surface area (Å²) in [5.74, 6) is -0.264. The fraction of sp³-hybridized carbons (Fsp3) is 0.385. The number of hydrogen-bond acceptors (Lipinski definition) is 14. The lowest BCUT2D eigenvalue weighted by molar-refractivity contribution is -0.133. The number of carbonyl (C=O) groups excluding carboxylic acids is 6. The highest BCUT2D eigenvalue weighted by atomic mass is 36.0. The quantitative estimate of drug-likeness (QED) is 0.0676. The van der Waals surface area contributed by atoms with Gasteiger partial charge in [0.2, 0.25) is 21.0 Å². The van der Waals surface area contributed by atoms with E-state index in [0.29, 0.717) is 63.6 Å². The van der Waals surface area contributed by atoms with Crippen LogP contribution in [0.5, 0.6) is 0 Å². The Morgan fingerprint density at radius 2 is 0.733 bits per heavy atom. The first-order chi connectivity index (χ1) is 36.4. The van der Waals surface area contributed by atoms with Crippen molar-refractivity contribution in [2.45, 2.75) is 102 Å². The number of nitrogens with zero attached hydrogens (tertiary/aromatic N) is 6. The lowest BCUT2D eigenvalue weighted by Gasteiger charge is -2.25. The maximum absolute atomic E-state index is 12.7. The van der Waals surface area contributed by atoms with Crippen molar-refractivity contribution in [3.63, 3.8) is 0 Å². The zero-order valence-electron chi connectivity index (χ0n) is 40.9. The highest BCUT2D eigenvalue weighted by Crippen LogP contribution is 2.36. The Kier molecular flexibility index (Phi) is 21.1. The second-order valence-electron chi connectivity index (χ2n) is 17.7. The standard InChI is InChI=1S/C26H30N4O6.C26H28N4O5.Cl2OS/c31-23(21-13-7-15-29(21)25(33)35-17-19-9-3-1-4-10-19)27-28-24(32)22-14-8-16-30(22)26(34)36-18-20-11-5-2-6-12-20;31-25(33-17-19-9-3-1-4-10-19)29-15-7-13-21(29)23-27-28-24(35-23)22-14-8-16-30(22)26(32)34-18-20-11-5-2-6-12-20;1-4(2)3/h1-6,9-12,21-22H,7-8,13-18H2,(H,27,31)(H,28,32);1-6,9-12,21-22H,7-8,13-18H2;/t21-,22-;21-,22?;/m00./s1. The molecule has 75 heavy (non-hydrogen) atoms. The van der Waals surface area contributed by atoms with Crippen molar-refractivity contribution in [3.05, 3.63) is 155 Å². The van der Waals surface area contributed by atoms with Gasteiger partial charge in [0.15, 0.2) is 0 Å². The predicted molar refractivity (Wildman–Crippen MR) is 274 cm³/mol. The van der Waals surface area contributed by atoms with Crippen LogP contribution in [0.25, 0.3) is 0 Å². The van der Waals surface area contributed by atoms with Gasteiger partial charge in [0.25, 0.3) is 11.8 Å². The third-order valence-corrected chi connectivity index (χ3v) is 12.7. The largest absolute Gasteiger partial charge is 0.445 e. The number of likely N-dealkylation sites (tertiary alicyclic amines) is 4. The van der Waals surface area contributed by atoms with Crippen LogP contribution in [0.15, 0.2) is 126 Å². The molecule has 5 heterocycles. The van der Waals surface area contributed by atoms with E-state index in [2.05, 4.69) is 42.4 Å². The lowest BCUT2D eigenvalue weighted by atomic mass is 10.2. The van der Waals surface area contributed by atoms with Crippen molar-refractivity contribution in [2.24, 2.45) is 0 Å². The predicted octanol–water partition coefficient (Wildman–Crippen LogP) is 8.80. The molecule has 0 radical (unpaired) electrons. The number of rotatable bonds is 12. The average molecular weight is 1090 g/mol. The van der Waals surface area contributed by atoms with Crippen LogP contribution in [0.3, 0.4) is 0 Å². The maximum Gasteiger partial charge on any atom is 0.410 e. The van der Waals surface area contributed by atoms with Crippen LogP contribution in [-0.4, -0.2) is 108 Å². The van der Waals surface area contributed by atoms with E-state index in [1.165, 1.54) is 9.80 Å². The molecule has 1 aromatic heterocycles. The Hall–Kier alpha value is -7.23. The molecule has 4 aliphatic rings. The van der Waals surface area contributed by atoms with Crippen LogP contribution >= 0.6 is 21.4 Å².